The smallest absolute Gasteiger partial charge is 0.339 e. The molecule has 9 heteroatoms. The number of allylic oxidation sites excluding steroid dienone is 1. The van der Waals surface area contributed by atoms with Gasteiger partial charge in [0.1, 0.15) is 16.9 Å². The Hall–Kier alpha value is -3.95. The quantitative estimate of drug-likeness (QED) is 0.187. The zero-order valence-electron chi connectivity index (χ0n) is 28.6. The second kappa shape index (κ2) is 13.5. The van der Waals surface area contributed by atoms with E-state index in [2.05, 4.69) is 24.3 Å². The monoisotopic (exact) mass is 658 g/mol. The summed E-state index contributed by atoms with van der Waals surface area (Å²) in [4.78, 5) is 41.6. The Morgan fingerprint density at radius 1 is 0.917 bits per heavy atom. The number of ether oxygens (including phenoxy) is 4. The maximum Gasteiger partial charge on any atom is 0.339 e. The van der Waals surface area contributed by atoms with Crippen LogP contribution in [0.1, 0.15) is 100 Å². The van der Waals surface area contributed by atoms with Gasteiger partial charge in [-0.05, 0) is 94.0 Å². The van der Waals surface area contributed by atoms with E-state index in [1.807, 2.05) is 13.8 Å². The van der Waals surface area contributed by atoms with Crippen molar-refractivity contribution < 1.29 is 38.1 Å². The third-order valence-electron chi connectivity index (χ3n) is 10.4. The molecule has 0 amide bonds. The van der Waals surface area contributed by atoms with Crippen LogP contribution in [0, 0.1) is 5.41 Å². The molecule has 256 valence electrons. The Morgan fingerprint density at radius 2 is 1.62 bits per heavy atom. The van der Waals surface area contributed by atoms with Gasteiger partial charge in [0, 0.05) is 30.1 Å². The highest BCUT2D eigenvalue weighted by molar-refractivity contribution is 5.90. The first kappa shape index (κ1) is 33.9. The van der Waals surface area contributed by atoms with Crippen molar-refractivity contribution >= 4 is 22.9 Å². The Balaban J connectivity index is 1.52. The molecule has 2 unspecified atom stereocenters. The average molecular weight is 659 g/mol. The first-order valence-electron chi connectivity index (χ1n) is 17.0. The molecule has 3 aliphatic heterocycles. The first-order chi connectivity index (χ1) is 22.9. The van der Waals surface area contributed by atoms with Gasteiger partial charge in [0.25, 0.3) is 0 Å². The van der Waals surface area contributed by atoms with E-state index in [1.54, 1.807) is 26.0 Å². The molecule has 2 bridgehead atoms. The van der Waals surface area contributed by atoms with Gasteiger partial charge < -0.3 is 28.5 Å². The summed E-state index contributed by atoms with van der Waals surface area (Å²) in [6.07, 6.45) is 4.00. The summed E-state index contributed by atoms with van der Waals surface area (Å²) in [5.41, 5.74) is 2.80. The van der Waals surface area contributed by atoms with Crippen molar-refractivity contribution in [1.29, 1.82) is 0 Å². The van der Waals surface area contributed by atoms with Crippen LogP contribution in [0.3, 0.4) is 0 Å². The van der Waals surface area contributed by atoms with Gasteiger partial charge in [-0.25, -0.2) is 9.59 Å². The summed E-state index contributed by atoms with van der Waals surface area (Å²) in [7, 11) is 1.54. The lowest BCUT2D eigenvalue weighted by atomic mass is 9.77. The minimum absolute atomic E-state index is 0.129. The van der Waals surface area contributed by atoms with E-state index in [1.165, 1.54) is 12.7 Å². The fourth-order valence-corrected chi connectivity index (χ4v) is 7.85. The van der Waals surface area contributed by atoms with Crippen molar-refractivity contribution in [2.45, 2.75) is 110 Å². The maximum atomic E-state index is 14.2. The van der Waals surface area contributed by atoms with Crippen LogP contribution < -0.4 is 10.4 Å². The van der Waals surface area contributed by atoms with Gasteiger partial charge in [-0.1, -0.05) is 42.7 Å². The van der Waals surface area contributed by atoms with Gasteiger partial charge in [-0.15, -0.1) is 0 Å². The topological polar surface area (TPSA) is 122 Å². The summed E-state index contributed by atoms with van der Waals surface area (Å²) < 4.78 is 30.4. The van der Waals surface area contributed by atoms with Gasteiger partial charge in [-0.2, -0.15) is 0 Å². The van der Waals surface area contributed by atoms with Crippen LogP contribution in [-0.2, 0) is 49.7 Å². The zero-order valence-corrected chi connectivity index (χ0v) is 28.6. The van der Waals surface area contributed by atoms with Gasteiger partial charge in [0.2, 0.25) is 0 Å². The van der Waals surface area contributed by atoms with Crippen molar-refractivity contribution in [3.8, 4) is 5.75 Å². The fraction of sp³-hybridized carbons (Fsp3) is 0.513. The number of aryl methyl sites for hydroxylation is 1. The van der Waals surface area contributed by atoms with Crippen LogP contribution in [0.2, 0.25) is 0 Å². The van der Waals surface area contributed by atoms with Crippen LogP contribution in [0.25, 0.3) is 11.0 Å². The molecule has 1 N–H and O–H groups in total. The molecule has 0 saturated heterocycles. The molecule has 1 aromatic heterocycles. The molecule has 2 atom stereocenters. The van der Waals surface area contributed by atoms with Crippen LogP contribution >= 0.6 is 0 Å². The number of aliphatic hydroxyl groups is 1. The lowest BCUT2D eigenvalue weighted by molar-refractivity contribution is -0.189. The maximum absolute atomic E-state index is 14.2. The lowest BCUT2D eigenvalue weighted by Crippen LogP contribution is -2.52. The SMILES string of the molecule is COCCc1c(CO)c2ccc3c(c2oc1=O)C1OC(=O)CC2(CCCC2)Cc2ccc(cc2)CCC(=C(C)C)C(=O)OC1C(C)(C)O3. The van der Waals surface area contributed by atoms with Crippen LogP contribution in [0.4, 0.5) is 0 Å². The molecule has 1 aliphatic carbocycles. The molecule has 1 fully saturated rings. The number of carbonyl (C=O) groups excluding carboxylic acids is 2. The standard InChI is InChI=1S/C39H46O9/c1-23(2)26-13-12-24-8-10-25(11-9-24)20-39(17-6-7-18-39)21-31(41)45-34-32-30(48-38(3,4)35(34)47-36(26)42)15-14-27-29(22-40)28(16-19-44-5)37(43)46-33(27)32/h8-11,14-15,34-35,40H,6-7,12-13,16-22H2,1-5H3. The number of methoxy groups -OCH3 is 1. The van der Waals surface area contributed by atoms with E-state index in [4.69, 9.17) is 23.4 Å². The summed E-state index contributed by atoms with van der Waals surface area (Å²) in [5.74, 6) is -0.589. The van der Waals surface area contributed by atoms with Crippen molar-refractivity contribution in [2.75, 3.05) is 13.7 Å². The summed E-state index contributed by atoms with van der Waals surface area (Å²) >= 11 is 0. The van der Waals surface area contributed by atoms with Crippen LogP contribution in [-0.4, -0.2) is 42.5 Å². The lowest BCUT2D eigenvalue weighted by Gasteiger charge is -2.43. The molecule has 2 aromatic carbocycles. The number of rotatable bonds is 4. The Kier molecular flexibility index (Phi) is 9.55. The van der Waals surface area contributed by atoms with Crippen molar-refractivity contribution in [1.82, 2.24) is 0 Å². The molecule has 4 aliphatic rings. The van der Waals surface area contributed by atoms with E-state index in [0.717, 1.165) is 43.2 Å². The minimum atomic E-state index is -1.15. The van der Waals surface area contributed by atoms with E-state index < -0.39 is 42.0 Å². The third kappa shape index (κ3) is 6.54. The molecule has 1 saturated carbocycles. The Bertz CT molecular complexity index is 1790. The zero-order chi connectivity index (χ0) is 34.2. The minimum Gasteiger partial charge on any atom is -0.483 e. The van der Waals surface area contributed by atoms with Crippen LogP contribution in [0.5, 0.6) is 5.75 Å². The molecule has 9 nitrogen and oxygen atoms in total. The highest BCUT2D eigenvalue weighted by Crippen LogP contribution is 2.49. The predicted octanol–water partition coefficient (Wildman–Crippen LogP) is 6.62. The summed E-state index contributed by atoms with van der Waals surface area (Å²) in [5, 5.41) is 10.9. The molecule has 1 spiro atoms. The molecular formula is C39H46O9. The highest BCUT2D eigenvalue weighted by Gasteiger charge is 2.51. The van der Waals surface area contributed by atoms with E-state index >= 15 is 0 Å². The second-order valence-corrected chi connectivity index (χ2v) is 14.4. The van der Waals surface area contributed by atoms with Crippen molar-refractivity contribution in [3.05, 3.63) is 85.8 Å². The Morgan fingerprint density at radius 3 is 2.29 bits per heavy atom. The number of carbonyl (C=O) groups is 2. The third-order valence-corrected chi connectivity index (χ3v) is 10.4. The number of hydrogen-bond acceptors (Lipinski definition) is 9. The summed E-state index contributed by atoms with van der Waals surface area (Å²) in [6, 6.07) is 12.0. The molecule has 4 heterocycles. The fourth-order valence-electron chi connectivity index (χ4n) is 7.85. The number of benzene rings is 2. The van der Waals surface area contributed by atoms with Gasteiger partial charge in [0.15, 0.2) is 12.2 Å². The van der Waals surface area contributed by atoms with Gasteiger partial charge in [-0.3, -0.25) is 4.79 Å². The molecule has 48 heavy (non-hydrogen) atoms. The molecule has 3 aromatic rings. The number of fused-ring (bicyclic) bond motifs is 11. The normalized spacial score (nSPS) is 22.2. The molecular weight excluding hydrogens is 612 g/mol. The van der Waals surface area contributed by atoms with E-state index in [0.29, 0.717) is 46.2 Å². The van der Waals surface area contributed by atoms with Crippen molar-refractivity contribution in [3.63, 3.8) is 0 Å². The number of hydrogen-bond donors (Lipinski definition) is 1. The highest BCUT2D eigenvalue weighted by atomic mass is 16.6. The molecule has 0 radical (unpaired) electrons. The summed E-state index contributed by atoms with van der Waals surface area (Å²) in [6.45, 7) is 7.21. The van der Waals surface area contributed by atoms with Crippen LogP contribution in [0.15, 0.2) is 56.8 Å². The average Bonchev–Trinajstić information content (AvgIpc) is 3.48. The van der Waals surface area contributed by atoms with Gasteiger partial charge in [0.05, 0.1) is 25.2 Å². The first-order valence-corrected chi connectivity index (χ1v) is 17.0. The number of esters is 2. The largest absolute Gasteiger partial charge is 0.483 e. The van der Waals surface area contributed by atoms with E-state index in [9.17, 15) is 19.5 Å². The van der Waals surface area contributed by atoms with E-state index in [-0.39, 0.29) is 30.4 Å². The second-order valence-electron chi connectivity index (χ2n) is 14.4. The van der Waals surface area contributed by atoms with Gasteiger partial charge >= 0.3 is 17.6 Å². The predicted molar refractivity (Wildman–Crippen MR) is 180 cm³/mol. The molecule has 7 rings (SSSR count). The number of aliphatic hydroxyl groups excluding tert-OH is 1. The van der Waals surface area contributed by atoms with Crippen molar-refractivity contribution in [2.24, 2.45) is 5.41 Å². The Labute approximate surface area is 281 Å².